The quantitative estimate of drug-likeness (QED) is 0.814. The van der Waals surface area contributed by atoms with Crippen LogP contribution in [0.1, 0.15) is 28.3 Å². The smallest absolute Gasteiger partial charge is 0.230 e. The molecule has 0 saturated carbocycles. The number of fused-ring (bicyclic) bond motifs is 1. The van der Waals surface area contributed by atoms with E-state index in [1.165, 1.54) is 0 Å². The van der Waals surface area contributed by atoms with Gasteiger partial charge in [-0.1, -0.05) is 6.07 Å². The summed E-state index contributed by atoms with van der Waals surface area (Å²) < 4.78 is 10.4. The van der Waals surface area contributed by atoms with E-state index in [2.05, 4.69) is 0 Å². The molecular weight excluding hydrogens is 258 g/mol. The Morgan fingerprint density at radius 3 is 2.80 bits per heavy atom. The zero-order valence-corrected chi connectivity index (χ0v) is 11.4. The lowest BCUT2D eigenvalue weighted by Crippen LogP contribution is -2.42. The van der Waals surface area contributed by atoms with E-state index in [1.54, 1.807) is 24.1 Å². The molecule has 1 atom stereocenters. The van der Waals surface area contributed by atoms with E-state index in [0.29, 0.717) is 37.6 Å². The summed E-state index contributed by atoms with van der Waals surface area (Å²) in [5.41, 5.74) is 1.45. The zero-order valence-electron chi connectivity index (χ0n) is 11.4. The average Bonchev–Trinajstić information content (AvgIpc) is 2.84. The first-order chi connectivity index (χ1) is 9.70. The summed E-state index contributed by atoms with van der Waals surface area (Å²) in [6.45, 7) is 2.35. The number of carbonyl (C=O) groups excluding carboxylic acids is 2. The van der Waals surface area contributed by atoms with Crippen molar-refractivity contribution in [2.24, 2.45) is 0 Å². The van der Waals surface area contributed by atoms with Crippen molar-refractivity contribution in [2.75, 3.05) is 33.4 Å². The molecule has 1 aliphatic heterocycles. The highest BCUT2D eigenvalue weighted by Crippen LogP contribution is 2.36. The first kappa shape index (κ1) is 13.1. The number of ketones is 1. The van der Waals surface area contributed by atoms with E-state index >= 15 is 0 Å². The molecule has 0 radical (unpaired) electrons. The summed E-state index contributed by atoms with van der Waals surface area (Å²) >= 11 is 0. The summed E-state index contributed by atoms with van der Waals surface area (Å²) in [6, 6.07) is 5.36. The molecule has 1 saturated heterocycles. The van der Waals surface area contributed by atoms with Crippen molar-refractivity contribution in [1.82, 2.24) is 4.90 Å². The molecule has 0 aromatic heterocycles. The normalized spacial score (nSPS) is 21.8. The van der Waals surface area contributed by atoms with Crippen LogP contribution in [0, 0.1) is 0 Å². The molecule has 1 aromatic rings. The van der Waals surface area contributed by atoms with Gasteiger partial charge < -0.3 is 14.4 Å². The third-order valence-electron chi connectivity index (χ3n) is 3.95. The maximum Gasteiger partial charge on any atom is 0.230 e. The molecule has 1 aromatic carbocycles. The lowest BCUT2D eigenvalue weighted by atomic mass is 9.99. The standard InChI is InChI=1S/C15H17NO4/c1-19-10-2-3-11-12(8-10)14(17)9-13(11)15(18)16-4-6-20-7-5-16/h2-3,8,13H,4-7,9H2,1H3. The van der Waals surface area contributed by atoms with Gasteiger partial charge in [-0.15, -0.1) is 0 Å². The fourth-order valence-electron chi connectivity index (χ4n) is 2.84. The highest BCUT2D eigenvalue weighted by Gasteiger charge is 2.37. The van der Waals surface area contributed by atoms with Crippen molar-refractivity contribution >= 4 is 11.7 Å². The van der Waals surface area contributed by atoms with Gasteiger partial charge in [-0.2, -0.15) is 0 Å². The summed E-state index contributed by atoms with van der Waals surface area (Å²) in [4.78, 5) is 26.4. The Morgan fingerprint density at radius 2 is 2.10 bits per heavy atom. The minimum absolute atomic E-state index is 0.0190. The Bertz CT molecular complexity index is 549. The van der Waals surface area contributed by atoms with Crippen LogP contribution in [0.2, 0.25) is 0 Å². The molecule has 5 nitrogen and oxygen atoms in total. The van der Waals surface area contributed by atoms with Gasteiger partial charge in [-0.25, -0.2) is 0 Å². The first-order valence-electron chi connectivity index (χ1n) is 6.78. The number of ether oxygens (including phenoxy) is 2. The van der Waals surface area contributed by atoms with Crippen LogP contribution in [0.5, 0.6) is 5.75 Å². The Balaban J connectivity index is 1.87. The lowest BCUT2D eigenvalue weighted by molar-refractivity contribution is -0.136. The molecule has 1 heterocycles. The molecular formula is C15H17NO4. The predicted molar refractivity (Wildman–Crippen MR) is 72.1 cm³/mol. The summed E-state index contributed by atoms with van der Waals surface area (Å²) in [6.07, 6.45) is 0.263. The highest BCUT2D eigenvalue weighted by molar-refractivity contribution is 6.07. The highest BCUT2D eigenvalue weighted by atomic mass is 16.5. The Morgan fingerprint density at radius 1 is 1.35 bits per heavy atom. The largest absolute Gasteiger partial charge is 0.497 e. The van der Waals surface area contributed by atoms with Gasteiger partial charge in [-0.05, 0) is 17.7 Å². The molecule has 0 spiro atoms. The fourth-order valence-corrected chi connectivity index (χ4v) is 2.84. The van der Waals surface area contributed by atoms with Crippen LogP contribution in [-0.2, 0) is 9.53 Å². The minimum Gasteiger partial charge on any atom is -0.497 e. The van der Waals surface area contributed by atoms with Crippen LogP contribution in [0.25, 0.3) is 0 Å². The summed E-state index contributed by atoms with van der Waals surface area (Å²) in [5, 5.41) is 0. The van der Waals surface area contributed by atoms with Gasteiger partial charge >= 0.3 is 0 Å². The molecule has 3 rings (SSSR count). The summed E-state index contributed by atoms with van der Waals surface area (Å²) in [7, 11) is 1.57. The summed E-state index contributed by atoms with van der Waals surface area (Å²) in [5.74, 6) is 0.356. The van der Waals surface area contributed by atoms with Crippen LogP contribution in [-0.4, -0.2) is 50.0 Å². The average molecular weight is 275 g/mol. The lowest BCUT2D eigenvalue weighted by Gasteiger charge is -2.29. The number of hydrogen-bond donors (Lipinski definition) is 0. The topological polar surface area (TPSA) is 55.8 Å². The van der Waals surface area contributed by atoms with E-state index in [-0.39, 0.29) is 24.0 Å². The molecule has 1 aliphatic carbocycles. The van der Waals surface area contributed by atoms with Gasteiger partial charge in [-0.3, -0.25) is 9.59 Å². The molecule has 1 fully saturated rings. The second kappa shape index (κ2) is 5.25. The van der Waals surface area contributed by atoms with Crippen LogP contribution in [0.3, 0.4) is 0 Å². The molecule has 1 amide bonds. The van der Waals surface area contributed by atoms with E-state index in [1.807, 2.05) is 6.07 Å². The molecule has 5 heteroatoms. The molecule has 1 unspecified atom stereocenters. The number of rotatable bonds is 2. The van der Waals surface area contributed by atoms with Crippen molar-refractivity contribution in [1.29, 1.82) is 0 Å². The van der Waals surface area contributed by atoms with Crippen molar-refractivity contribution in [3.63, 3.8) is 0 Å². The molecule has 106 valence electrons. The van der Waals surface area contributed by atoms with Gasteiger partial charge in [0.2, 0.25) is 5.91 Å². The fraction of sp³-hybridized carbons (Fsp3) is 0.467. The number of morpholine rings is 1. The van der Waals surface area contributed by atoms with E-state index in [9.17, 15) is 9.59 Å². The van der Waals surface area contributed by atoms with E-state index in [4.69, 9.17) is 9.47 Å². The SMILES string of the molecule is COc1ccc2c(c1)C(=O)CC2C(=O)N1CCOCC1. The zero-order chi connectivity index (χ0) is 14.1. The van der Waals surface area contributed by atoms with Gasteiger partial charge in [0.15, 0.2) is 5.78 Å². The monoisotopic (exact) mass is 275 g/mol. The first-order valence-corrected chi connectivity index (χ1v) is 6.78. The number of carbonyl (C=O) groups is 2. The van der Waals surface area contributed by atoms with Gasteiger partial charge in [0.25, 0.3) is 0 Å². The van der Waals surface area contributed by atoms with Gasteiger partial charge in [0.05, 0.1) is 26.2 Å². The predicted octanol–water partition coefficient (Wildman–Crippen LogP) is 1.22. The van der Waals surface area contributed by atoms with Gasteiger partial charge in [0.1, 0.15) is 5.75 Å². The second-order valence-corrected chi connectivity index (χ2v) is 5.07. The van der Waals surface area contributed by atoms with E-state index in [0.717, 1.165) is 5.56 Å². The van der Waals surface area contributed by atoms with Crippen LogP contribution < -0.4 is 4.74 Å². The Hall–Kier alpha value is -1.88. The van der Waals surface area contributed by atoms with Crippen molar-refractivity contribution < 1.29 is 19.1 Å². The number of Topliss-reactive ketones (excluding diaryl/α,β-unsaturated/α-hetero) is 1. The minimum atomic E-state index is -0.346. The van der Waals surface area contributed by atoms with E-state index < -0.39 is 0 Å². The number of amides is 1. The third kappa shape index (κ3) is 2.18. The Kier molecular flexibility index (Phi) is 3.44. The molecule has 2 aliphatic rings. The van der Waals surface area contributed by atoms with Gasteiger partial charge in [0, 0.05) is 25.1 Å². The molecule has 20 heavy (non-hydrogen) atoms. The van der Waals surface area contributed by atoms with Crippen molar-refractivity contribution in [2.45, 2.75) is 12.3 Å². The third-order valence-corrected chi connectivity index (χ3v) is 3.95. The Labute approximate surface area is 117 Å². The van der Waals surface area contributed by atoms with Crippen molar-refractivity contribution in [3.05, 3.63) is 29.3 Å². The van der Waals surface area contributed by atoms with Crippen LogP contribution >= 0.6 is 0 Å². The van der Waals surface area contributed by atoms with Crippen LogP contribution in [0.4, 0.5) is 0 Å². The number of hydrogen-bond acceptors (Lipinski definition) is 4. The number of methoxy groups -OCH3 is 1. The van der Waals surface area contributed by atoms with Crippen molar-refractivity contribution in [3.8, 4) is 5.75 Å². The number of benzene rings is 1. The maximum atomic E-state index is 12.6. The second-order valence-electron chi connectivity index (χ2n) is 5.07. The molecule has 0 N–H and O–H groups in total. The number of nitrogens with zero attached hydrogens (tertiary/aromatic N) is 1. The molecule has 0 bridgehead atoms. The maximum absolute atomic E-state index is 12.6. The van der Waals surface area contributed by atoms with Crippen LogP contribution in [0.15, 0.2) is 18.2 Å².